The minimum Gasteiger partial charge on any atom is -0.378 e. The molecule has 174 valence electrons. The zero-order valence-electron chi connectivity index (χ0n) is 19.1. The first-order chi connectivity index (χ1) is 14.5. The van der Waals surface area contributed by atoms with Crippen LogP contribution < -0.4 is 10.2 Å². The summed E-state index contributed by atoms with van der Waals surface area (Å²) in [4.78, 5) is 22.9. The van der Waals surface area contributed by atoms with E-state index in [4.69, 9.17) is 4.74 Å². The zero-order chi connectivity index (χ0) is 21.3. The van der Waals surface area contributed by atoms with Crippen molar-refractivity contribution < 1.29 is 9.53 Å². The Balaban J connectivity index is 0.00000341. The molecular weight excluding hydrogens is 505 g/mol. The molecule has 0 radical (unpaired) electrons. The number of carbonyl (C=O) groups is 1. The number of anilines is 1. The van der Waals surface area contributed by atoms with Crippen LogP contribution in [0.2, 0.25) is 0 Å². The van der Waals surface area contributed by atoms with Crippen LogP contribution in [-0.4, -0.2) is 88.2 Å². The summed E-state index contributed by atoms with van der Waals surface area (Å²) < 4.78 is 5.95. The largest absolute Gasteiger partial charge is 0.378 e. The van der Waals surface area contributed by atoms with Crippen molar-refractivity contribution in [1.82, 2.24) is 15.1 Å². The molecule has 2 heterocycles. The molecule has 0 saturated carbocycles. The highest BCUT2D eigenvalue weighted by atomic mass is 127. The number of likely N-dealkylation sites (tertiary alicyclic amines) is 1. The summed E-state index contributed by atoms with van der Waals surface area (Å²) in [6.07, 6.45) is 4.77. The van der Waals surface area contributed by atoms with E-state index in [0.717, 1.165) is 58.0 Å². The summed E-state index contributed by atoms with van der Waals surface area (Å²) in [5.41, 5.74) is 1.22. The van der Waals surface area contributed by atoms with Gasteiger partial charge in [-0.3, -0.25) is 4.79 Å². The highest BCUT2D eigenvalue weighted by Crippen LogP contribution is 2.28. The maximum atomic E-state index is 12.1. The second-order valence-corrected chi connectivity index (χ2v) is 8.51. The molecule has 1 amide bonds. The fourth-order valence-corrected chi connectivity index (χ4v) is 4.16. The van der Waals surface area contributed by atoms with E-state index in [9.17, 15) is 4.79 Å². The Morgan fingerprint density at radius 1 is 1.23 bits per heavy atom. The molecule has 1 aromatic carbocycles. The molecule has 1 aromatic rings. The van der Waals surface area contributed by atoms with Crippen molar-refractivity contribution in [2.45, 2.75) is 31.8 Å². The number of piperidine rings is 1. The van der Waals surface area contributed by atoms with Gasteiger partial charge in [-0.15, -0.1) is 24.0 Å². The number of nitrogens with zero attached hydrogens (tertiary/aromatic N) is 4. The fraction of sp³-hybridized carbons (Fsp3) is 0.652. The average Bonchev–Trinajstić information content (AvgIpc) is 2.78. The molecule has 0 aromatic heterocycles. The molecule has 8 heteroatoms. The molecule has 2 aliphatic rings. The second kappa shape index (κ2) is 13.1. The molecule has 2 saturated heterocycles. The normalized spacial score (nSPS) is 21.0. The zero-order valence-corrected chi connectivity index (χ0v) is 21.5. The summed E-state index contributed by atoms with van der Waals surface area (Å²) in [7, 11) is 5.67. The van der Waals surface area contributed by atoms with Crippen molar-refractivity contribution in [1.29, 1.82) is 0 Å². The Hall–Kier alpha value is -1.55. The third kappa shape index (κ3) is 7.82. The van der Waals surface area contributed by atoms with Crippen molar-refractivity contribution in [3.8, 4) is 0 Å². The topological polar surface area (TPSA) is 60.4 Å². The van der Waals surface area contributed by atoms with Crippen LogP contribution in [0.25, 0.3) is 0 Å². The maximum Gasteiger partial charge on any atom is 0.243 e. The number of hydrogen-bond acceptors (Lipinski definition) is 4. The third-order valence-corrected chi connectivity index (χ3v) is 6.03. The number of benzene rings is 1. The van der Waals surface area contributed by atoms with Crippen LogP contribution in [0, 0.1) is 5.92 Å². The maximum absolute atomic E-state index is 12.1. The lowest BCUT2D eigenvalue weighted by Gasteiger charge is -2.42. The average molecular weight is 543 g/mol. The quantitative estimate of drug-likeness (QED) is 0.248. The van der Waals surface area contributed by atoms with E-state index in [-0.39, 0.29) is 36.4 Å². The number of halogens is 1. The van der Waals surface area contributed by atoms with Crippen LogP contribution in [0.1, 0.15) is 25.7 Å². The van der Waals surface area contributed by atoms with Crippen LogP contribution >= 0.6 is 24.0 Å². The van der Waals surface area contributed by atoms with E-state index < -0.39 is 0 Å². The molecule has 2 unspecified atom stereocenters. The van der Waals surface area contributed by atoms with Gasteiger partial charge < -0.3 is 24.8 Å². The number of hydrogen-bond donors (Lipinski definition) is 1. The van der Waals surface area contributed by atoms with Crippen molar-refractivity contribution in [3.05, 3.63) is 30.3 Å². The summed E-state index contributed by atoms with van der Waals surface area (Å²) in [5, 5.41) is 3.52. The predicted octanol–water partition coefficient (Wildman–Crippen LogP) is 2.67. The second-order valence-electron chi connectivity index (χ2n) is 8.51. The standard InChI is InChI=1S/C23H37N5O2.HI/c1-26(2)22(29)17-25-23(28-15-12-21-19(18-28)9-7-16-30-21)24-13-8-14-27(3)20-10-5-4-6-11-20;/h4-6,10-11,19,21H,7-9,12-18H2,1-3H3,(H,24,25);1H. The number of aliphatic imine (C=N–C) groups is 1. The van der Waals surface area contributed by atoms with Gasteiger partial charge in [0, 0.05) is 65.5 Å². The first-order valence-corrected chi connectivity index (χ1v) is 11.2. The molecule has 2 atom stereocenters. The van der Waals surface area contributed by atoms with Crippen LogP contribution in [-0.2, 0) is 9.53 Å². The number of guanidine groups is 1. The number of fused-ring (bicyclic) bond motifs is 1. The monoisotopic (exact) mass is 543 g/mol. The fourth-order valence-electron chi connectivity index (χ4n) is 4.16. The number of carbonyl (C=O) groups excluding carboxylic acids is 1. The molecule has 0 bridgehead atoms. The first-order valence-electron chi connectivity index (χ1n) is 11.2. The number of amides is 1. The van der Waals surface area contributed by atoms with E-state index in [2.05, 4.69) is 51.4 Å². The molecule has 31 heavy (non-hydrogen) atoms. The SMILES string of the molecule is CN(C)C(=O)CN=C(NCCCN(C)c1ccccc1)N1CCC2OCCCC2C1.I. The van der Waals surface area contributed by atoms with E-state index in [1.54, 1.807) is 19.0 Å². The predicted molar refractivity (Wildman–Crippen MR) is 137 cm³/mol. The highest BCUT2D eigenvalue weighted by Gasteiger charge is 2.33. The lowest BCUT2D eigenvalue weighted by Crippen LogP contribution is -2.52. The lowest BCUT2D eigenvalue weighted by atomic mass is 9.88. The van der Waals surface area contributed by atoms with E-state index in [0.29, 0.717) is 12.0 Å². The number of nitrogens with one attached hydrogen (secondary N) is 1. The summed E-state index contributed by atoms with van der Waals surface area (Å²) in [5.74, 6) is 1.44. The number of rotatable bonds is 7. The van der Waals surface area contributed by atoms with Crippen LogP contribution in [0.3, 0.4) is 0 Å². The van der Waals surface area contributed by atoms with Gasteiger partial charge in [-0.1, -0.05) is 18.2 Å². The van der Waals surface area contributed by atoms with Crippen molar-refractivity contribution in [2.75, 3.05) is 65.4 Å². The van der Waals surface area contributed by atoms with Gasteiger partial charge in [-0.05, 0) is 37.8 Å². The van der Waals surface area contributed by atoms with Crippen LogP contribution in [0.15, 0.2) is 35.3 Å². The molecule has 1 N–H and O–H groups in total. The van der Waals surface area contributed by atoms with E-state index in [1.807, 2.05) is 6.07 Å². The van der Waals surface area contributed by atoms with Crippen molar-refractivity contribution in [3.63, 3.8) is 0 Å². The number of likely N-dealkylation sites (N-methyl/N-ethyl adjacent to an activating group) is 1. The van der Waals surface area contributed by atoms with Crippen molar-refractivity contribution in [2.24, 2.45) is 10.9 Å². The molecule has 0 spiro atoms. The summed E-state index contributed by atoms with van der Waals surface area (Å²) in [6, 6.07) is 10.4. The van der Waals surface area contributed by atoms with Gasteiger partial charge in [0.2, 0.25) is 5.91 Å². The van der Waals surface area contributed by atoms with Gasteiger partial charge in [0.25, 0.3) is 0 Å². The smallest absolute Gasteiger partial charge is 0.243 e. The Bertz CT molecular complexity index is 700. The van der Waals surface area contributed by atoms with E-state index >= 15 is 0 Å². The van der Waals surface area contributed by atoms with Gasteiger partial charge in [0.15, 0.2) is 5.96 Å². The molecule has 2 fully saturated rings. The molecule has 0 aliphatic carbocycles. The van der Waals surface area contributed by atoms with Gasteiger partial charge in [-0.25, -0.2) is 4.99 Å². The van der Waals surface area contributed by atoms with Crippen LogP contribution in [0.4, 0.5) is 5.69 Å². The summed E-state index contributed by atoms with van der Waals surface area (Å²) >= 11 is 0. The minimum absolute atomic E-state index is 0. The number of ether oxygens (including phenoxy) is 1. The van der Waals surface area contributed by atoms with Gasteiger partial charge in [0.05, 0.1) is 6.10 Å². The van der Waals surface area contributed by atoms with E-state index in [1.165, 1.54) is 12.1 Å². The summed E-state index contributed by atoms with van der Waals surface area (Å²) in [6.45, 7) is 4.74. The Morgan fingerprint density at radius 2 is 2.00 bits per heavy atom. The molecular formula is C23H38IN5O2. The first kappa shape index (κ1) is 25.7. The van der Waals surface area contributed by atoms with Crippen LogP contribution in [0.5, 0.6) is 0 Å². The van der Waals surface area contributed by atoms with Gasteiger partial charge in [-0.2, -0.15) is 0 Å². The van der Waals surface area contributed by atoms with Gasteiger partial charge in [0.1, 0.15) is 6.54 Å². The highest BCUT2D eigenvalue weighted by molar-refractivity contribution is 14.0. The van der Waals surface area contributed by atoms with Gasteiger partial charge >= 0.3 is 0 Å². The Labute approximate surface area is 204 Å². The molecule has 2 aliphatic heterocycles. The number of para-hydroxylation sites is 1. The third-order valence-electron chi connectivity index (χ3n) is 6.03. The Kier molecular flexibility index (Phi) is 10.9. The minimum atomic E-state index is 0. The lowest BCUT2D eigenvalue weighted by molar-refractivity contribution is -0.127. The molecule has 3 rings (SSSR count). The Morgan fingerprint density at radius 3 is 2.74 bits per heavy atom. The van der Waals surface area contributed by atoms with Crippen molar-refractivity contribution >= 4 is 41.5 Å². The molecule has 7 nitrogen and oxygen atoms in total.